The number of ether oxygens (including phenoxy) is 1. The van der Waals surface area contributed by atoms with Crippen LogP contribution in [-0.4, -0.2) is 35.3 Å². The largest absolute Gasteiger partial charge is 0.385 e. The van der Waals surface area contributed by atoms with Gasteiger partial charge in [-0.05, 0) is 75.2 Å². The number of methoxy groups -OCH3 is 1. The van der Waals surface area contributed by atoms with Crippen LogP contribution < -0.4 is 5.32 Å². The van der Waals surface area contributed by atoms with Gasteiger partial charge in [-0.25, -0.2) is 0 Å². The Morgan fingerprint density at radius 1 is 1.19 bits per heavy atom. The summed E-state index contributed by atoms with van der Waals surface area (Å²) in [6, 6.07) is 8.60. The molecule has 1 aromatic heterocycles. The van der Waals surface area contributed by atoms with Gasteiger partial charge < -0.3 is 15.0 Å². The Kier molecular flexibility index (Phi) is 7.54. The van der Waals surface area contributed by atoms with E-state index in [0.717, 1.165) is 23.8 Å². The zero-order chi connectivity index (χ0) is 19.1. The summed E-state index contributed by atoms with van der Waals surface area (Å²) < 4.78 is 5.23. The molecule has 2 aromatic rings. The van der Waals surface area contributed by atoms with Crippen LogP contribution in [0.25, 0.3) is 0 Å². The molecule has 0 radical (unpaired) electrons. The van der Waals surface area contributed by atoms with E-state index in [4.69, 9.17) is 17.0 Å². The Morgan fingerprint density at radius 3 is 2.38 bits per heavy atom. The Hall–Kier alpha value is -1.98. The first kappa shape index (κ1) is 20.3. The van der Waals surface area contributed by atoms with Crippen LogP contribution in [0.2, 0.25) is 0 Å². The van der Waals surface area contributed by atoms with E-state index in [0.29, 0.717) is 6.61 Å². The van der Waals surface area contributed by atoms with Gasteiger partial charge in [0.2, 0.25) is 0 Å². The number of benzene rings is 1. The van der Waals surface area contributed by atoms with E-state index in [1.165, 1.54) is 22.3 Å². The van der Waals surface area contributed by atoms with E-state index >= 15 is 0 Å². The van der Waals surface area contributed by atoms with Crippen molar-refractivity contribution in [3.63, 3.8) is 0 Å². The first-order valence-corrected chi connectivity index (χ1v) is 9.39. The van der Waals surface area contributed by atoms with E-state index < -0.39 is 0 Å². The highest BCUT2D eigenvalue weighted by Crippen LogP contribution is 2.25. The Labute approximate surface area is 162 Å². The Bertz CT molecular complexity index is 710. The van der Waals surface area contributed by atoms with Gasteiger partial charge in [0.1, 0.15) is 0 Å². The average Bonchev–Trinajstić information content (AvgIpc) is 2.62. The standard InChI is InChI=1S/C21H29N3OS/c1-15-13-16(2)20(17(3)14-15)23-21(26)24(11-6-12-25-5)18(4)19-7-9-22-10-8-19/h7-10,13-14,18H,6,11-12H2,1-5H3,(H,23,26)/t18-/m0/s1. The lowest BCUT2D eigenvalue weighted by molar-refractivity contribution is 0.181. The van der Waals surface area contributed by atoms with Crippen molar-refractivity contribution in [1.82, 2.24) is 9.88 Å². The first-order valence-electron chi connectivity index (χ1n) is 8.98. The van der Waals surface area contributed by atoms with Gasteiger partial charge in [0.15, 0.2) is 5.11 Å². The molecule has 2 rings (SSSR count). The van der Waals surface area contributed by atoms with Crippen LogP contribution in [0.4, 0.5) is 5.69 Å². The maximum absolute atomic E-state index is 5.79. The number of hydrogen-bond acceptors (Lipinski definition) is 3. The number of hydrogen-bond donors (Lipinski definition) is 1. The summed E-state index contributed by atoms with van der Waals surface area (Å²) in [5, 5.41) is 4.22. The molecule has 0 aliphatic rings. The second-order valence-corrected chi connectivity index (χ2v) is 7.09. The number of nitrogens with zero attached hydrogens (tertiary/aromatic N) is 2. The van der Waals surface area contributed by atoms with E-state index in [1.54, 1.807) is 7.11 Å². The third-order valence-electron chi connectivity index (χ3n) is 4.57. The van der Waals surface area contributed by atoms with E-state index in [1.807, 2.05) is 24.5 Å². The van der Waals surface area contributed by atoms with Gasteiger partial charge in [0.25, 0.3) is 0 Å². The number of anilines is 1. The van der Waals surface area contributed by atoms with Gasteiger partial charge in [0, 0.05) is 38.3 Å². The first-order chi connectivity index (χ1) is 12.4. The fourth-order valence-electron chi connectivity index (χ4n) is 3.23. The van der Waals surface area contributed by atoms with Gasteiger partial charge in [-0.15, -0.1) is 0 Å². The van der Waals surface area contributed by atoms with Crippen molar-refractivity contribution in [2.45, 2.75) is 40.2 Å². The monoisotopic (exact) mass is 371 g/mol. The van der Waals surface area contributed by atoms with Crippen molar-refractivity contribution < 1.29 is 4.74 Å². The van der Waals surface area contributed by atoms with Crippen molar-refractivity contribution in [2.24, 2.45) is 0 Å². The minimum absolute atomic E-state index is 0.154. The normalized spacial score (nSPS) is 11.9. The molecule has 26 heavy (non-hydrogen) atoms. The topological polar surface area (TPSA) is 37.4 Å². The fraction of sp³-hybridized carbons (Fsp3) is 0.429. The van der Waals surface area contributed by atoms with Crippen LogP contribution in [0.1, 0.15) is 41.6 Å². The highest BCUT2D eigenvalue weighted by Gasteiger charge is 2.19. The summed E-state index contributed by atoms with van der Waals surface area (Å²) in [6.45, 7) is 10.1. The lowest BCUT2D eigenvalue weighted by atomic mass is 10.1. The number of thiocarbonyl (C=S) groups is 1. The number of nitrogens with one attached hydrogen (secondary N) is 1. The lowest BCUT2D eigenvalue weighted by Crippen LogP contribution is -2.38. The quantitative estimate of drug-likeness (QED) is 0.559. The third-order valence-corrected chi connectivity index (χ3v) is 4.91. The molecule has 0 aliphatic heterocycles. The summed E-state index contributed by atoms with van der Waals surface area (Å²) in [5.74, 6) is 0. The molecule has 140 valence electrons. The van der Waals surface area contributed by atoms with Crippen LogP contribution >= 0.6 is 12.2 Å². The van der Waals surface area contributed by atoms with Gasteiger partial charge in [-0.1, -0.05) is 17.7 Å². The third kappa shape index (κ3) is 5.26. The molecule has 5 heteroatoms. The highest BCUT2D eigenvalue weighted by atomic mass is 32.1. The number of rotatable bonds is 7. The smallest absolute Gasteiger partial charge is 0.173 e. The highest BCUT2D eigenvalue weighted by molar-refractivity contribution is 7.80. The van der Waals surface area contributed by atoms with Crippen LogP contribution in [0.3, 0.4) is 0 Å². The molecule has 1 N–H and O–H groups in total. The van der Waals surface area contributed by atoms with Crippen molar-refractivity contribution in [2.75, 3.05) is 25.6 Å². The maximum atomic E-state index is 5.79. The fourth-order valence-corrected chi connectivity index (χ4v) is 3.58. The number of pyridine rings is 1. The van der Waals surface area contributed by atoms with Crippen LogP contribution in [0.5, 0.6) is 0 Å². The minimum atomic E-state index is 0.154. The van der Waals surface area contributed by atoms with E-state index in [-0.39, 0.29) is 6.04 Å². The summed E-state index contributed by atoms with van der Waals surface area (Å²) >= 11 is 5.79. The zero-order valence-electron chi connectivity index (χ0n) is 16.4. The minimum Gasteiger partial charge on any atom is -0.385 e. The predicted octanol–water partition coefficient (Wildman–Crippen LogP) is 4.80. The molecule has 0 spiro atoms. The molecule has 0 saturated carbocycles. The van der Waals surface area contributed by atoms with Crippen molar-refractivity contribution in [3.8, 4) is 0 Å². The predicted molar refractivity (Wildman–Crippen MR) is 113 cm³/mol. The zero-order valence-corrected chi connectivity index (χ0v) is 17.2. The molecular formula is C21H29N3OS. The molecule has 0 bridgehead atoms. The van der Waals surface area contributed by atoms with Crippen LogP contribution in [-0.2, 0) is 4.74 Å². The summed E-state index contributed by atoms with van der Waals surface area (Å²) in [5.41, 5.74) is 5.97. The summed E-state index contributed by atoms with van der Waals surface area (Å²) in [7, 11) is 1.73. The summed E-state index contributed by atoms with van der Waals surface area (Å²) in [4.78, 5) is 6.34. The molecule has 0 aliphatic carbocycles. The molecule has 4 nitrogen and oxygen atoms in total. The van der Waals surface area contributed by atoms with Crippen LogP contribution in [0.15, 0.2) is 36.7 Å². The second kappa shape index (κ2) is 9.64. The van der Waals surface area contributed by atoms with Crippen molar-refractivity contribution >= 4 is 23.0 Å². The molecule has 0 amide bonds. The van der Waals surface area contributed by atoms with E-state index in [9.17, 15) is 0 Å². The Morgan fingerprint density at radius 2 is 1.81 bits per heavy atom. The second-order valence-electron chi connectivity index (χ2n) is 6.70. The van der Waals surface area contributed by atoms with Gasteiger partial charge in [-0.3, -0.25) is 4.98 Å². The van der Waals surface area contributed by atoms with Gasteiger partial charge in [0.05, 0.1) is 6.04 Å². The number of aromatic nitrogens is 1. The van der Waals surface area contributed by atoms with E-state index in [2.05, 4.69) is 55.0 Å². The lowest BCUT2D eigenvalue weighted by Gasteiger charge is -2.33. The van der Waals surface area contributed by atoms with Crippen molar-refractivity contribution in [1.29, 1.82) is 0 Å². The SMILES string of the molecule is COCCCN(C(=S)Nc1c(C)cc(C)cc1C)[C@@H](C)c1ccncc1. The summed E-state index contributed by atoms with van der Waals surface area (Å²) in [6.07, 6.45) is 4.56. The Balaban J connectivity index is 2.23. The molecule has 1 heterocycles. The molecule has 0 fully saturated rings. The van der Waals surface area contributed by atoms with Gasteiger partial charge >= 0.3 is 0 Å². The maximum Gasteiger partial charge on any atom is 0.173 e. The van der Waals surface area contributed by atoms with Crippen molar-refractivity contribution in [3.05, 3.63) is 58.9 Å². The molecule has 1 aromatic carbocycles. The molecular weight excluding hydrogens is 342 g/mol. The van der Waals surface area contributed by atoms with Crippen LogP contribution in [0, 0.1) is 20.8 Å². The number of aryl methyl sites for hydroxylation is 3. The van der Waals surface area contributed by atoms with Gasteiger partial charge in [-0.2, -0.15) is 0 Å². The molecule has 0 unspecified atom stereocenters. The molecule has 0 saturated heterocycles. The molecule has 1 atom stereocenters. The average molecular weight is 372 g/mol.